The van der Waals surface area contributed by atoms with Gasteiger partial charge in [-0.15, -0.1) is 0 Å². The summed E-state index contributed by atoms with van der Waals surface area (Å²) in [7, 11) is 0. The maximum Gasteiger partial charge on any atom is 0.234 e. The molecule has 0 bridgehead atoms. The molecule has 1 aliphatic carbocycles. The molecule has 0 radical (unpaired) electrons. The third-order valence-corrected chi connectivity index (χ3v) is 4.01. The van der Waals surface area contributed by atoms with Crippen molar-refractivity contribution in [2.45, 2.75) is 18.9 Å². The smallest absolute Gasteiger partial charge is 0.234 e. The second-order valence-electron chi connectivity index (χ2n) is 5.77. The largest absolute Gasteiger partial charge is 0.409 e. The predicted molar refractivity (Wildman–Crippen MR) is 90.3 cm³/mol. The van der Waals surface area contributed by atoms with E-state index in [2.05, 4.69) is 36.0 Å². The molecule has 0 fully saturated rings. The van der Waals surface area contributed by atoms with Crippen molar-refractivity contribution in [2.24, 2.45) is 5.16 Å². The molecule has 1 aromatic carbocycles. The Morgan fingerprint density at radius 3 is 3.07 bits per heavy atom. The van der Waals surface area contributed by atoms with Crippen LogP contribution >= 0.6 is 0 Å². The Labute approximate surface area is 153 Å². The summed E-state index contributed by atoms with van der Waals surface area (Å²) >= 11 is 0. The molecule has 0 aliphatic heterocycles. The lowest BCUT2D eigenvalue weighted by Crippen LogP contribution is -2.37. The van der Waals surface area contributed by atoms with E-state index < -0.39 is 0 Å². The molecule has 3 rings (SSSR count). The van der Waals surface area contributed by atoms with E-state index in [1.54, 1.807) is 12.1 Å². The molecule has 140 valence electrons. The molecule has 4 N–H and O–H groups in total. The van der Waals surface area contributed by atoms with E-state index in [0.29, 0.717) is 6.42 Å². The van der Waals surface area contributed by atoms with Crippen LogP contribution in [-0.2, 0) is 11.2 Å². The number of anilines is 1. The van der Waals surface area contributed by atoms with Gasteiger partial charge in [-0.2, -0.15) is 5.26 Å². The van der Waals surface area contributed by atoms with Crippen LogP contribution in [0.5, 0.6) is 0 Å². The normalized spacial score (nSPS) is 15.3. The predicted octanol–water partition coefficient (Wildman–Crippen LogP) is 0.673. The van der Waals surface area contributed by atoms with E-state index in [-0.39, 0.29) is 54.6 Å². The third-order valence-electron chi connectivity index (χ3n) is 4.01. The first kappa shape index (κ1) is 18.1. The Morgan fingerprint density at radius 1 is 1.44 bits per heavy atom. The van der Waals surface area contributed by atoms with Crippen LogP contribution < -0.4 is 16.0 Å². The Hall–Kier alpha value is -3.68. The number of hydrogen-bond donors (Lipinski definition) is 4. The number of carbonyl (C=O) groups is 1. The van der Waals surface area contributed by atoms with Gasteiger partial charge in [0, 0.05) is 13.1 Å². The van der Waals surface area contributed by atoms with Crippen LogP contribution in [0, 0.1) is 17.1 Å². The zero-order valence-electron chi connectivity index (χ0n) is 14.1. The van der Waals surface area contributed by atoms with Gasteiger partial charge in [0.25, 0.3) is 0 Å². The van der Waals surface area contributed by atoms with Crippen LogP contribution in [-0.4, -0.2) is 40.4 Å². The van der Waals surface area contributed by atoms with E-state index >= 15 is 0 Å². The number of nitrogens with zero attached hydrogens (tertiary/aromatic N) is 4. The summed E-state index contributed by atoms with van der Waals surface area (Å²) in [4.78, 5) is 11.2. The van der Waals surface area contributed by atoms with Crippen molar-refractivity contribution in [3.63, 3.8) is 0 Å². The van der Waals surface area contributed by atoms with E-state index in [0.717, 1.165) is 11.1 Å². The second-order valence-corrected chi connectivity index (χ2v) is 5.77. The topological polar surface area (TPSA) is 148 Å². The van der Waals surface area contributed by atoms with E-state index in [4.69, 9.17) is 5.26 Å². The maximum atomic E-state index is 13.4. The van der Waals surface area contributed by atoms with Gasteiger partial charge in [-0.3, -0.25) is 4.79 Å². The first-order chi connectivity index (χ1) is 13.1. The van der Waals surface area contributed by atoms with Crippen LogP contribution in [0.3, 0.4) is 0 Å². The van der Waals surface area contributed by atoms with Crippen molar-refractivity contribution >= 4 is 17.6 Å². The summed E-state index contributed by atoms with van der Waals surface area (Å²) in [5.74, 6) is -0.490. The van der Waals surface area contributed by atoms with E-state index in [9.17, 15) is 14.4 Å². The van der Waals surface area contributed by atoms with E-state index in [1.165, 1.54) is 12.1 Å². The molecule has 11 heteroatoms. The SMILES string of the molecule is N#CCC(=O)NCCNc1nonc1/C(=N/O)NC1Cc2ccc(F)cc21. The van der Waals surface area contributed by atoms with Gasteiger partial charge >= 0.3 is 0 Å². The molecule has 0 saturated carbocycles. The average molecular weight is 373 g/mol. The Morgan fingerprint density at radius 2 is 2.30 bits per heavy atom. The third kappa shape index (κ3) is 4.12. The number of nitriles is 1. The number of aromatic nitrogens is 2. The Kier molecular flexibility index (Phi) is 5.46. The molecule has 1 heterocycles. The standard InChI is InChI=1S/C16H16FN7O3/c17-10-2-1-9-7-12(11(9)8-10)21-16(22-26)14-15(24-27-23-14)20-6-5-19-13(25)3-4-18/h1-2,8,12,26H,3,5-7H2,(H,19,25)(H,20,24)(H,21,22). The minimum atomic E-state index is -0.382. The molecule has 1 unspecified atom stereocenters. The second kappa shape index (κ2) is 8.13. The fourth-order valence-corrected chi connectivity index (χ4v) is 2.69. The lowest BCUT2D eigenvalue weighted by atomic mass is 9.83. The van der Waals surface area contributed by atoms with E-state index in [1.807, 2.05) is 0 Å². The number of nitrogens with one attached hydrogen (secondary N) is 3. The number of carbonyl (C=O) groups excluding carboxylic acids is 1. The number of fused-ring (bicyclic) bond motifs is 1. The summed E-state index contributed by atoms with van der Waals surface area (Å²) in [5.41, 5.74) is 1.93. The monoisotopic (exact) mass is 373 g/mol. The summed E-state index contributed by atoms with van der Waals surface area (Å²) < 4.78 is 18.1. The number of halogens is 1. The summed E-state index contributed by atoms with van der Waals surface area (Å²) in [6.45, 7) is 0.537. The summed E-state index contributed by atoms with van der Waals surface area (Å²) in [6, 6.07) is 6.06. The highest BCUT2D eigenvalue weighted by Crippen LogP contribution is 2.33. The number of amidine groups is 1. The van der Waals surface area contributed by atoms with Crippen molar-refractivity contribution in [3.05, 3.63) is 40.8 Å². The van der Waals surface area contributed by atoms with Crippen LogP contribution in [0.25, 0.3) is 0 Å². The lowest BCUT2D eigenvalue weighted by molar-refractivity contribution is -0.120. The van der Waals surface area contributed by atoms with Crippen molar-refractivity contribution in [3.8, 4) is 6.07 Å². The van der Waals surface area contributed by atoms with Crippen LogP contribution in [0.4, 0.5) is 10.2 Å². The number of oxime groups is 1. The van der Waals surface area contributed by atoms with Crippen LogP contribution in [0.2, 0.25) is 0 Å². The molecular formula is C16H16FN7O3. The van der Waals surface area contributed by atoms with Gasteiger partial charge in [-0.25, -0.2) is 9.02 Å². The molecule has 1 atom stereocenters. The molecule has 1 amide bonds. The van der Waals surface area contributed by atoms with Crippen LogP contribution in [0.15, 0.2) is 28.0 Å². The Bertz CT molecular complexity index is 906. The number of amides is 1. The molecule has 0 spiro atoms. The molecule has 1 aromatic heterocycles. The fourth-order valence-electron chi connectivity index (χ4n) is 2.69. The summed E-state index contributed by atoms with van der Waals surface area (Å²) in [5, 5.41) is 36.7. The number of rotatable bonds is 7. The average Bonchev–Trinajstić information content (AvgIpc) is 3.10. The molecular weight excluding hydrogens is 357 g/mol. The lowest BCUT2D eigenvalue weighted by Gasteiger charge is -2.31. The van der Waals surface area contributed by atoms with Crippen molar-refractivity contribution < 1.29 is 19.0 Å². The highest BCUT2D eigenvalue weighted by Gasteiger charge is 2.29. The number of hydrogen-bond acceptors (Lipinski definition) is 8. The fraction of sp³-hybridized carbons (Fsp3) is 0.312. The highest BCUT2D eigenvalue weighted by molar-refractivity contribution is 6.00. The first-order valence-corrected chi connectivity index (χ1v) is 8.09. The van der Waals surface area contributed by atoms with Crippen molar-refractivity contribution in [1.29, 1.82) is 5.26 Å². The highest BCUT2D eigenvalue weighted by atomic mass is 19.1. The van der Waals surface area contributed by atoms with Gasteiger partial charge in [0.15, 0.2) is 11.5 Å². The maximum absolute atomic E-state index is 13.4. The van der Waals surface area contributed by atoms with Crippen molar-refractivity contribution in [1.82, 2.24) is 20.9 Å². The molecule has 2 aromatic rings. The van der Waals surface area contributed by atoms with Gasteiger partial charge in [0.05, 0.1) is 12.1 Å². The van der Waals surface area contributed by atoms with Gasteiger partial charge in [-0.1, -0.05) is 11.2 Å². The first-order valence-electron chi connectivity index (χ1n) is 8.09. The zero-order chi connectivity index (χ0) is 19.2. The van der Waals surface area contributed by atoms with Gasteiger partial charge in [0.2, 0.25) is 11.7 Å². The van der Waals surface area contributed by atoms with Gasteiger partial charge < -0.3 is 21.2 Å². The molecule has 27 heavy (non-hydrogen) atoms. The Balaban J connectivity index is 1.59. The minimum absolute atomic E-state index is 0.0205. The zero-order valence-corrected chi connectivity index (χ0v) is 14.1. The van der Waals surface area contributed by atoms with Gasteiger partial charge in [-0.05, 0) is 40.0 Å². The van der Waals surface area contributed by atoms with Crippen molar-refractivity contribution in [2.75, 3.05) is 18.4 Å². The number of benzene rings is 1. The van der Waals surface area contributed by atoms with Crippen LogP contribution in [0.1, 0.15) is 29.3 Å². The minimum Gasteiger partial charge on any atom is -0.409 e. The quantitative estimate of drug-likeness (QED) is 0.182. The molecule has 0 saturated heterocycles. The summed E-state index contributed by atoms with van der Waals surface area (Å²) in [6.07, 6.45) is 0.430. The van der Waals surface area contributed by atoms with Gasteiger partial charge in [0.1, 0.15) is 12.2 Å². The molecule has 10 nitrogen and oxygen atoms in total. The molecule has 1 aliphatic rings.